The molecule has 1 aromatic rings. The molecule has 8 nitrogen and oxygen atoms in total. The number of nitrogens with zero attached hydrogens (tertiary/aromatic N) is 4. The quantitative estimate of drug-likeness (QED) is 0.537. The zero-order valence-electron chi connectivity index (χ0n) is 15.9. The molecular formula is C18H30N6O2. The molecule has 26 heavy (non-hydrogen) atoms. The van der Waals surface area contributed by atoms with Gasteiger partial charge < -0.3 is 25.2 Å². The highest BCUT2D eigenvalue weighted by molar-refractivity contribution is 5.81. The highest BCUT2D eigenvalue weighted by Crippen LogP contribution is 2.12. The number of carbonyl (C=O) groups excluding carboxylic acids is 1. The van der Waals surface area contributed by atoms with E-state index in [1.54, 1.807) is 20.4 Å². The lowest BCUT2D eigenvalue weighted by atomic mass is 10.2. The highest BCUT2D eigenvalue weighted by Gasteiger charge is 2.21. The van der Waals surface area contributed by atoms with E-state index in [0.29, 0.717) is 25.5 Å². The fourth-order valence-electron chi connectivity index (χ4n) is 2.89. The maximum absolute atomic E-state index is 12.4. The lowest BCUT2D eigenvalue weighted by molar-refractivity contribution is -0.131. The van der Waals surface area contributed by atoms with E-state index in [2.05, 4.69) is 25.5 Å². The van der Waals surface area contributed by atoms with Crippen molar-refractivity contribution in [2.75, 3.05) is 58.4 Å². The number of methoxy groups -OCH3 is 1. The van der Waals surface area contributed by atoms with E-state index >= 15 is 0 Å². The van der Waals surface area contributed by atoms with Gasteiger partial charge in [0.2, 0.25) is 5.91 Å². The number of carbonyl (C=O) groups is 1. The first-order valence-electron chi connectivity index (χ1n) is 9.04. The van der Waals surface area contributed by atoms with Crippen molar-refractivity contribution >= 4 is 17.7 Å². The Bertz CT molecular complexity index is 572. The number of aromatic nitrogens is 1. The number of aliphatic imine (C=N–C) groups is 1. The summed E-state index contributed by atoms with van der Waals surface area (Å²) in [5.41, 5.74) is 0. The average molecular weight is 362 g/mol. The van der Waals surface area contributed by atoms with Crippen LogP contribution in [0, 0.1) is 0 Å². The molecule has 0 saturated carbocycles. The molecule has 1 atom stereocenters. The van der Waals surface area contributed by atoms with Gasteiger partial charge in [0.05, 0.1) is 6.61 Å². The van der Waals surface area contributed by atoms with Crippen LogP contribution in [0.2, 0.25) is 0 Å². The van der Waals surface area contributed by atoms with Crippen LogP contribution in [0.3, 0.4) is 0 Å². The van der Waals surface area contributed by atoms with Crippen molar-refractivity contribution < 1.29 is 9.53 Å². The number of ether oxygens (including phenoxy) is 1. The van der Waals surface area contributed by atoms with Gasteiger partial charge >= 0.3 is 0 Å². The summed E-state index contributed by atoms with van der Waals surface area (Å²) in [5.74, 6) is 1.82. The predicted molar refractivity (Wildman–Crippen MR) is 103 cm³/mol. The summed E-state index contributed by atoms with van der Waals surface area (Å²) in [6, 6.07) is 6.06. The Morgan fingerprint density at radius 3 is 2.73 bits per heavy atom. The topological polar surface area (TPSA) is 82.1 Å². The van der Waals surface area contributed by atoms with Gasteiger partial charge in [-0.2, -0.15) is 0 Å². The maximum atomic E-state index is 12.4. The summed E-state index contributed by atoms with van der Waals surface area (Å²) in [7, 11) is 3.38. The van der Waals surface area contributed by atoms with Crippen LogP contribution in [-0.4, -0.2) is 81.3 Å². The fourth-order valence-corrected chi connectivity index (χ4v) is 2.89. The third-order valence-corrected chi connectivity index (χ3v) is 4.26. The minimum absolute atomic E-state index is 0.154. The van der Waals surface area contributed by atoms with Gasteiger partial charge in [0.1, 0.15) is 5.82 Å². The summed E-state index contributed by atoms with van der Waals surface area (Å²) >= 11 is 0. The lowest BCUT2D eigenvalue weighted by Gasteiger charge is -2.35. The Morgan fingerprint density at radius 2 is 2.12 bits per heavy atom. The number of hydrogen-bond donors (Lipinski definition) is 2. The van der Waals surface area contributed by atoms with Gasteiger partial charge in [0.25, 0.3) is 0 Å². The minimum atomic E-state index is 0.154. The Balaban J connectivity index is 1.69. The zero-order valence-corrected chi connectivity index (χ0v) is 15.9. The number of nitrogens with one attached hydrogen (secondary N) is 2. The van der Waals surface area contributed by atoms with Crippen LogP contribution in [0.1, 0.15) is 13.3 Å². The molecule has 1 aromatic heterocycles. The number of pyridine rings is 1. The Morgan fingerprint density at radius 1 is 1.35 bits per heavy atom. The van der Waals surface area contributed by atoms with Crippen LogP contribution in [0.15, 0.2) is 29.4 Å². The Labute approximate surface area is 155 Å². The second-order valence-electron chi connectivity index (χ2n) is 6.31. The summed E-state index contributed by atoms with van der Waals surface area (Å²) in [5, 5.41) is 6.40. The van der Waals surface area contributed by atoms with Crippen molar-refractivity contribution in [3.8, 4) is 0 Å². The zero-order chi connectivity index (χ0) is 18.8. The van der Waals surface area contributed by atoms with E-state index in [-0.39, 0.29) is 11.9 Å². The SMILES string of the molecule is CN=C(NCCC(=O)N1CCN(c2ccccn2)CC1)NC(C)COC. The summed E-state index contributed by atoms with van der Waals surface area (Å²) < 4.78 is 5.10. The van der Waals surface area contributed by atoms with E-state index in [1.807, 2.05) is 30.0 Å². The van der Waals surface area contributed by atoms with Crippen molar-refractivity contribution in [1.82, 2.24) is 20.5 Å². The second kappa shape index (κ2) is 10.6. The molecule has 1 aliphatic rings. The molecule has 1 amide bonds. The van der Waals surface area contributed by atoms with E-state index in [9.17, 15) is 4.79 Å². The molecule has 8 heteroatoms. The number of guanidine groups is 1. The molecule has 0 spiro atoms. The first-order valence-corrected chi connectivity index (χ1v) is 9.04. The summed E-state index contributed by atoms with van der Waals surface area (Å²) in [4.78, 5) is 25.1. The largest absolute Gasteiger partial charge is 0.383 e. The molecule has 1 fully saturated rings. The fraction of sp³-hybridized carbons (Fsp3) is 0.611. The van der Waals surface area contributed by atoms with Crippen molar-refractivity contribution in [1.29, 1.82) is 0 Å². The first kappa shape index (κ1) is 20.0. The van der Waals surface area contributed by atoms with Gasteiger partial charge in [0, 0.05) is 65.5 Å². The van der Waals surface area contributed by atoms with Crippen LogP contribution in [0.4, 0.5) is 5.82 Å². The number of piperazine rings is 1. The number of anilines is 1. The molecule has 2 rings (SSSR count). The normalized spacial score (nSPS) is 16.3. The third-order valence-electron chi connectivity index (χ3n) is 4.26. The van der Waals surface area contributed by atoms with Crippen molar-refractivity contribution in [2.45, 2.75) is 19.4 Å². The van der Waals surface area contributed by atoms with Crippen LogP contribution in [-0.2, 0) is 9.53 Å². The monoisotopic (exact) mass is 362 g/mol. The maximum Gasteiger partial charge on any atom is 0.224 e. The van der Waals surface area contributed by atoms with E-state index in [1.165, 1.54) is 0 Å². The van der Waals surface area contributed by atoms with Gasteiger partial charge in [0.15, 0.2) is 5.96 Å². The van der Waals surface area contributed by atoms with E-state index < -0.39 is 0 Å². The Hall–Kier alpha value is -2.35. The molecule has 1 unspecified atom stereocenters. The van der Waals surface area contributed by atoms with Gasteiger partial charge in [-0.05, 0) is 19.1 Å². The molecule has 0 radical (unpaired) electrons. The van der Waals surface area contributed by atoms with Crippen LogP contribution < -0.4 is 15.5 Å². The Kier molecular flexibility index (Phi) is 8.14. The molecule has 144 valence electrons. The molecule has 1 saturated heterocycles. The molecule has 0 aromatic carbocycles. The van der Waals surface area contributed by atoms with Crippen molar-refractivity contribution in [2.24, 2.45) is 4.99 Å². The number of rotatable bonds is 7. The smallest absolute Gasteiger partial charge is 0.224 e. The van der Waals surface area contributed by atoms with Gasteiger partial charge in [-0.3, -0.25) is 9.79 Å². The summed E-state index contributed by atoms with van der Waals surface area (Å²) in [6.07, 6.45) is 2.25. The molecule has 1 aliphatic heterocycles. The highest BCUT2D eigenvalue weighted by atomic mass is 16.5. The van der Waals surface area contributed by atoms with Gasteiger partial charge in [-0.15, -0.1) is 0 Å². The number of amides is 1. The minimum Gasteiger partial charge on any atom is -0.383 e. The molecule has 0 bridgehead atoms. The molecule has 2 N–H and O–H groups in total. The van der Waals surface area contributed by atoms with Crippen LogP contribution >= 0.6 is 0 Å². The van der Waals surface area contributed by atoms with E-state index in [0.717, 1.165) is 32.0 Å². The molecule has 0 aliphatic carbocycles. The third kappa shape index (κ3) is 6.18. The van der Waals surface area contributed by atoms with Gasteiger partial charge in [-0.1, -0.05) is 6.07 Å². The first-order chi connectivity index (χ1) is 12.6. The standard InChI is InChI=1S/C18H30N6O2/c1-15(14-26-3)22-18(19-2)21-9-7-17(25)24-12-10-23(11-13-24)16-6-4-5-8-20-16/h4-6,8,15H,7,9-14H2,1-3H3,(H2,19,21,22). The number of hydrogen-bond acceptors (Lipinski definition) is 5. The van der Waals surface area contributed by atoms with E-state index in [4.69, 9.17) is 4.74 Å². The second-order valence-corrected chi connectivity index (χ2v) is 6.31. The van der Waals surface area contributed by atoms with Gasteiger partial charge in [-0.25, -0.2) is 4.98 Å². The molecule has 2 heterocycles. The summed E-state index contributed by atoms with van der Waals surface area (Å²) in [6.45, 7) is 6.25. The van der Waals surface area contributed by atoms with Crippen LogP contribution in [0.25, 0.3) is 0 Å². The molecular weight excluding hydrogens is 332 g/mol. The van der Waals surface area contributed by atoms with Crippen LogP contribution in [0.5, 0.6) is 0 Å². The lowest BCUT2D eigenvalue weighted by Crippen LogP contribution is -2.50. The predicted octanol–water partition coefficient (Wildman–Crippen LogP) is 0.320. The van der Waals surface area contributed by atoms with Crippen molar-refractivity contribution in [3.05, 3.63) is 24.4 Å². The average Bonchev–Trinajstić information content (AvgIpc) is 2.68. The van der Waals surface area contributed by atoms with Crippen molar-refractivity contribution in [3.63, 3.8) is 0 Å².